The highest BCUT2D eigenvalue weighted by molar-refractivity contribution is 5.91. The summed E-state index contributed by atoms with van der Waals surface area (Å²) < 4.78 is 33.6. The van der Waals surface area contributed by atoms with Crippen LogP contribution in [0.2, 0.25) is 0 Å². The van der Waals surface area contributed by atoms with Gasteiger partial charge in [-0.05, 0) is 42.3 Å². The van der Waals surface area contributed by atoms with E-state index in [1.54, 1.807) is 43.3 Å². The molecule has 4 bridgehead atoms. The molecule has 14 nitrogen and oxygen atoms in total. The molecule has 0 radical (unpaired) electrons. The molecule has 8 atom stereocenters. The predicted octanol–water partition coefficient (Wildman–Crippen LogP) is 0.870. The number of esters is 2. The van der Waals surface area contributed by atoms with Crippen LogP contribution < -0.4 is 4.74 Å². The van der Waals surface area contributed by atoms with Gasteiger partial charge in [-0.2, -0.15) is 0 Å². The fraction of sp³-hybridized carbons (Fsp3) is 0.438. The molecule has 0 saturated carbocycles. The molecule has 0 aromatic heterocycles. The number of benzene rings is 2. The second-order valence-electron chi connectivity index (χ2n) is 11.0. The summed E-state index contributed by atoms with van der Waals surface area (Å²) in [7, 11) is 0. The Morgan fingerprint density at radius 1 is 0.978 bits per heavy atom. The zero-order chi connectivity index (χ0) is 33.0. The summed E-state index contributed by atoms with van der Waals surface area (Å²) in [6, 6.07) is 11.1. The van der Waals surface area contributed by atoms with Crippen molar-refractivity contribution in [3.63, 3.8) is 0 Å². The van der Waals surface area contributed by atoms with E-state index < -0.39 is 74.2 Å². The van der Waals surface area contributed by atoms with Gasteiger partial charge in [0.25, 0.3) is 0 Å². The minimum atomic E-state index is -1.73. The van der Waals surface area contributed by atoms with Crippen molar-refractivity contribution < 1.29 is 68.6 Å². The van der Waals surface area contributed by atoms with Crippen LogP contribution in [-0.2, 0) is 39.7 Å². The Morgan fingerprint density at radius 2 is 1.74 bits per heavy atom. The molecular weight excluding hydrogens is 608 g/mol. The van der Waals surface area contributed by atoms with Crippen LogP contribution in [0.1, 0.15) is 30.6 Å². The molecular formula is C32H36O14. The lowest BCUT2D eigenvalue weighted by Crippen LogP contribution is -2.60. The molecule has 2 aromatic rings. The minimum absolute atomic E-state index is 0.0351. The molecule has 14 heteroatoms. The van der Waals surface area contributed by atoms with E-state index in [4.69, 9.17) is 28.4 Å². The summed E-state index contributed by atoms with van der Waals surface area (Å²) in [5.41, 5.74) is 1.32. The van der Waals surface area contributed by atoms with Crippen molar-refractivity contribution in [1.82, 2.24) is 0 Å². The molecule has 6 N–H and O–H groups in total. The molecule has 4 aliphatic heterocycles. The molecule has 0 aliphatic carbocycles. The summed E-state index contributed by atoms with van der Waals surface area (Å²) in [6.07, 6.45) is -7.88. The number of hydrogen-bond donors (Lipinski definition) is 6. The van der Waals surface area contributed by atoms with Gasteiger partial charge in [-0.25, -0.2) is 4.79 Å². The third-order valence-electron chi connectivity index (χ3n) is 7.96. The Bertz CT molecular complexity index is 1450. The second kappa shape index (κ2) is 14.6. The van der Waals surface area contributed by atoms with Gasteiger partial charge in [-0.1, -0.05) is 24.3 Å². The van der Waals surface area contributed by atoms with Crippen molar-refractivity contribution in [2.45, 2.75) is 62.9 Å². The van der Waals surface area contributed by atoms with E-state index in [-0.39, 0.29) is 42.1 Å². The fourth-order valence-corrected chi connectivity index (χ4v) is 5.33. The second-order valence-corrected chi connectivity index (χ2v) is 11.0. The third-order valence-corrected chi connectivity index (χ3v) is 7.96. The molecule has 2 aromatic carbocycles. The first-order valence-electron chi connectivity index (χ1n) is 14.7. The average Bonchev–Trinajstić information content (AvgIpc) is 3.05. The van der Waals surface area contributed by atoms with Crippen molar-refractivity contribution >= 4 is 11.9 Å². The fourth-order valence-electron chi connectivity index (χ4n) is 5.33. The molecule has 8 unspecified atom stereocenters. The van der Waals surface area contributed by atoms with E-state index in [0.29, 0.717) is 16.9 Å². The smallest absolute Gasteiger partial charge is 0.337 e. The van der Waals surface area contributed by atoms with Crippen molar-refractivity contribution in [2.75, 3.05) is 19.8 Å². The lowest BCUT2D eigenvalue weighted by molar-refractivity contribution is -0.327. The maximum absolute atomic E-state index is 13.3. The van der Waals surface area contributed by atoms with E-state index in [9.17, 15) is 40.2 Å². The SMILES string of the molecule is CC=C1C(OC2OC(CO)C(O)C(O)C2O)OC=C2C(=O)OCC(O)c3ccc(cc3)Oc3cc(ccc3O)CCOC(=O)CC21. The van der Waals surface area contributed by atoms with E-state index >= 15 is 0 Å². The number of rotatable bonds is 3. The van der Waals surface area contributed by atoms with E-state index in [1.807, 2.05) is 0 Å². The van der Waals surface area contributed by atoms with E-state index in [0.717, 1.165) is 6.26 Å². The number of carbonyl (C=O) groups is 2. The molecule has 0 spiro atoms. The largest absolute Gasteiger partial charge is 0.504 e. The maximum atomic E-state index is 13.3. The summed E-state index contributed by atoms with van der Waals surface area (Å²) in [4.78, 5) is 26.4. The number of allylic oxidation sites excluding steroid dienone is 1. The standard InChI is InChI=1S/C32H36O14/c1-2-19-20-12-26(36)41-10-9-16-3-8-22(34)24(11-16)44-18-6-4-17(5-7-18)23(35)15-42-30(40)21(20)14-43-31(19)46-32-29(39)28(38)27(37)25(13-33)45-32/h2-8,11,14,20,23,25,27-29,31-35,37-39H,9-10,12-13,15H2,1H3. The number of aliphatic hydroxyl groups is 5. The zero-order valence-electron chi connectivity index (χ0n) is 24.8. The normalized spacial score (nSPS) is 31.6. The number of ether oxygens (including phenoxy) is 6. The van der Waals surface area contributed by atoms with Crippen molar-refractivity contribution in [3.05, 3.63) is 77.1 Å². The van der Waals surface area contributed by atoms with E-state index in [2.05, 4.69) is 0 Å². The highest BCUT2D eigenvalue weighted by Crippen LogP contribution is 2.37. The molecule has 4 aliphatic rings. The van der Waals surface area contributed by atoms with Crippen LogP contribution in [0.3, 0.4) is 0 Å². The molecule has 46 heavy (non-hydrogen) atoms. The summed E-state index contributed by atoms with van der Waals surface area (Å²) in [5, 5.41) is 61.3. The van der Waals surface area contributed by atoms with Crippen molar-refractivity contribution in [1.29, 1.82) is 0 Å². The van der Waals surface area contributed by atoms with Crippen LogP contribution in [0.5, 0.6) is 17.2 Å². The Balaban J connectivity index is 1.41. The van der Waals surface area contributed by atoms with Gasteiger partial charge >= 0.3 is 11.9 Å². The van der Waals surface area contributed by atoms with E-state index in [1.165, 1.54) is 12.1 Å². The van der Waals surface area contributed by atoms with Crippen LogP contribution in [0.4, 0.5) is 0 Å². The summed E-state index contributed by atoms with van der Waals surface area (Å²) in [5.74, 6) is -2.09. The monoisotopic (exact) mass is 644 g/mol. The first-order valence-corrected chi connectivity index (χ1v) is 14.7. The van der Waals surface area contributed by atoms with Gasteiger partial charge < -0.3 is 59.1 Å². The van der Waals surface area contributed by atoms with Gasteiger partial charge in [-0.15, -0.1) is 0 Å². The highest BCUT2D eigenvalue weighted by atomic mass is 16.8. The number of phenols is 1. The maximum Gasteiger partial charge on any atom is 0.337 e. The van der Waals surface area contributed by atoms with Gasteiger partial charge in [0.15, 0.2) is 17.8 Å². The van der Waals surface area contributed by atoms with Gasteiger partial charge in [0, 0.05) is 17.9 Å². The minimum Gasteiger partial charge on any atom is -0.504 e. The van der Waals surface area contributed by atoms with Crippen LogP contribution in [0.25, 0.3) is 0 Å². The number of phenolic OH excluding ortho intramolecular Hbond substituents is 1. The van der Waals surface area contributed by atoms with Crippen LogP contribution >= 0.6 is 0 Å². The molecule has 1 fully saturated rings. The molecule has 0 amide bonds. The van der Waals surface area contributed by atoms with Gasteiger partial charge in [0.2, 0.25) is 6.29 Å². The Labute approximate surface area is 263 Å². The zero-order valence-corrected chi connectivity index (χ0v) is 24.8. The molecule has 4 heterocycles. The third kappa shape index (κ3) is 7.34. The average molecular weight is 645 g/mol. The van der Waals surface area contributed by atoms with Crippen molar-refractivity contribution in [2.24, 2.45) is 5.92 Å². The number of fused-ring (bicyclic) bond motifs is 9. The quantitative estimate of drug-likeness (QED) is 0.202. The Morgan fingerprint density at radius 3 is 2.46 bits per heavy atom. The van der Waals surface area contributed by atoms with Crippen LogP contribution in [0.15, 0.2) is 65.9 Å². The lowest BCUT2D eigenvalue weighted by atomic mass is 9.86. The summed E-state index contributed by atoms with van der Waals surface area (Å²) >= 11 is 0. The highest BCUT2D eigenvalue weighted by Gasteiger charge is 2.47. The predicted molar refractivity (Wildman–Crippen MR) is 155 cm³/mol. The Kier molecular flexibility index (Phi) is 10.6. The number of hydrogen-bond acceptors (Lipinski definition) is 14. The first kappa shape index (κ1) is 33.3. The Hall–Kier alpha value is -4.02. The van der Waals surface area contributed by atoms with Crippen LogP contribution in [-0.4, -0.2) is 99.4 Å². The van der Waals surface area contributed by atoms with Gasteiger partial charge in [0.05, 0.1) is 31.5 Å². The molecule has 6 rings (SSSR count). The molecule has 1 saturated heterocycles. The van der Waals surface area contributed by atoms with Gasteiger partial charge in [-0.3, -0.25) is 4.79 Å². The number of aliphatic hydroxyl groups excluding tert-OH is 5. The van der Waals surface area contributed by atoms with Gasteiger partial charge in [0.1, 0.15) is 42.9 Å². The van der Waals surface area contributed by atoms with Crippen LogP contribution in [0, 0.1) is 5.92 Å². The summed E-state index contributed by atoms with van der Waals surface area (Å²) in [6.45, 7) is 0.457. The first-order chi connectivity index (χ1) is 22.1. The number of aromatic hydroxyl groups is 1. The van der Waals surface area contributed by atoms with Crippen molar-refractivity contribution in [3.8, 4) is 17.2 Å². The lowest BCUT2D eigenvalue weighted by Gasteiger charge is -2.42. The molecule has 248 valence electrons. The topological polar surface area (TPSA) is 211 Å². The number of carbonyl (C=O) groups excluding carboxylic acids is 2.